The van der Waals surface area contributed by atoms with E-state index in [0.717, 1.165) is 38.5 Å². The third-order valence-electron chi connectivity index (χ3n) is 2.88. The molecule has 0 unspecified atom stereocenters. The van der Waals surface area contributed by atoms with Crippen LogP contribution in [0.4, 0.5) is 4.79 Å². The van der Waals surface area contributed by atoms with E-state index in [4.69, 9.17) is 5.26 Å². The third-order valence-corrected chi connectivity index (χ3v) is 2.88. The van der Waals surface area contributed by atoms with Crippen molar-refractivity contribution < 1.29 is 19.1 Å². The van der Waals surface area contributed by atoms with E-state index in [1.807, 2.05) is 0 Å². The number of hydrogen-bond acceptors (Lipinski definition) is 5. The van der Waals surface area contributed by atoms with Gasteiger partial charge in [0.15, 0.2) is 0 Å². The predicted molar refractivity (Wildman–Crippen MR) is 74.9 cm³/mol. The summed E-state index contributed by atoms with van der Waals surface area (Å²) in [4.78, 5) is 22.1. The second kappa shape index (κ2) is 13.9. The number of nitrogens with zero attached hydrogens (tertiary/aromatic N) is 1. The van der Waals surface area contributed by atoms with Gasteiger partial charge in [-0.2, -0.15) is 5.26 Å². The first-order valence-corrected chi connectivity index (χ1v) is 7.45. The van der Waals surface area contributed by atoms with Crippen molar-refractivity contribution in [3.63, 3.8) is 0 Å². The number of carbonyl (C=O) groups excluding carboxylic acids is 2. The lowest BCUT2D eigenvalue weighted by molar-refractivity contribution is -0.139. The molecule has 0 aliphatic rings. The van der Waals surface area contributed by atoms with Gasteiger partial charge >= 0.3 is 12.1 Å². The van der Waals surface area contributed by atoms with Gasteiger partial charge in [-0.3, -0.25) is 4.79 Å². The van der Waals surface area contributed by atoms with E-state index in [1.165, 1.54) is 12.8 Å². The Labute approximate surface area is 121 Å². The van der Waals surface area contributed by atoms with Gasteiger partial charge in [0.05, 0.1) is 12.7 Å². The van der Waals surface area contributed by atoms with Crippen molar-refractivity contribution in [1.82, 2.24) is 0 Å². The fraction of sp³-hybridized carbons (Fsp3) is 0.800. The molecule has 0 aromatic heterocycles. The van der Waals surface area contributed by atoms with E-state index in [0.29, 0.717) is 6.42 Å². The van der Waals surface area contributed by atoms with Crippen molar-refractivity contribution in [2.45, 2.75) is 71.1 Å². The van der Waals surface area contributed by atoms with E-state index in [1.54, 1.807) is 6.92 Å². The predicted octanol–water partition coefficient (Wildman–Crippen LogP) is 4.11. The minimum absolute atomic E-state index is 0.209. The summed E-state index contributed by atoms with van der Waals surface area (Å²) in [5.41, 5.74) is 0. The van der Waals surface area contributed by atoms with Gasteiger partial charge in [-0.05, 0) is 19.8 Å². The van der Waals surface area contributed by atoms with Crippen molar-refractivity contribution in [2.75, 3.05) is 6.61 Å². The number of nitriles is 1. The molecular weight excluding hydrogens is 258 g/mol. The van der Waals surface area contributed by atoms with Gasteiger partial charge in [-0.25, -0.2) is 4.79 Å². The van der Waals surface area contributed by atoms with Crippen molar-refractivity contribution in [3.05, 3.63) is 0 Å². The first-order chi connectivity index (χ1) is 9.70. The van der Waals surface area contributed by atoms with Gasteiger partial charge in [-0.1, -0.05) is 38.5 Å². The summed E-state index contributed by atoms with van der Waals surface area (Å²) >= 11 is 0. The number of carbonyl (C=O) groups is 2. The molecule has 5 nitrogen and oxygen atoms in total. The number of esters is 1. The van der Waals surface area contributed by atoms with Crippen molar-refractivity contribution in [2.24, 2.45) is 0 Å². The monoisotopic (exact) mass is 283 g/mol. The molecule has 0 bridgehead atoms. The highest BCUT2D eigenvalue weighted by atomic mass is 16.7. The topological polar surface area (TPSA) is 76.4 Å². The van der Waals surface area contributed by atoms with Crippen molar-refractivity contribution in [1.29, 1.82) is 5.26 Å². The fourth-order valence-corrected chi connectivity index (χ4v) is 1.83. The Balaban J connectivity index is 3.25. The lowest BCUT2D eigenvalue weighted by Crippen LogP contribution is -2.13. The smallest absolute Gasteiger partial charge is 0.434 e. The van der Waals surface area contributed by atoms with Crippen LogP contribution in [0.2, 0.25) is 0 Å². The second-order valence-corrected chi connectivity index (χ2v) is 4.64. The molecule has 0 saturated carbocycles. The zero-order valence-corrected chi connectivity index (χ0v) is 12.4. The Morgan fingerprint density at radius 2 is 1.50 bits per heavy atom. The maximum atomic E-state index is 11.2. The number of unbranched alkanes of at least 4 members (excludes halogenated alkanes) is 8. The minimum atomic E-state index is -0.908. The van der Waals surface area contributed by atoms with E-state index < -0.39 is 12.1 Å². The Kier molecular flexibility index (Phi) is 12.8. The molecule has 0 heterocycles. The first kappa shape index (κ1) is 18.4. The Hall–Kier alpha value is -1.57. The summed E-state index contributed by atoms with van der Waals surface area (Å²) in [6, 6.07) is 2.14. The summed E-state index contributed by atoms with van der Waals surface area (Å²) < 4.78 is 8.96. The zero-order valence-electron chi connectivity index (χ0n) is 12.4. The van der Waals surface area contributed by atoms with Crippen LogP contribution < -0.4 is 0 Å². The van der Waals surface area contributed by atoms with E-state index in [2.05, 4.69) is 15.5 Å². The van der Waals surface area contributed by atoms with Crippen LogP contribution in [-0.4, -0.2) is 18.7 Å². The average molecular weight is 283 g/mol. The molecule has 0 aliphatic heterocycles. The fourth-order valence-electron chi connectivity index (χ4n) is 1.83. The van der Waals surface area contributed by atoms with Gasteiger partial charge in [-0.15, -0.1) is 0 Å². The molecule has 0 rings (SSSR count). The van der Waals surface area contributed by atoms with Gasteiger partial charge < -0.3 is 9.47 Å². The third kappa shape index (κ3) is 12.9. The summed E-state index contributed by atoms with van der Waals surface area (Å²) in [6.07, 6.45) is 8.44. The molecule has 0 fully saturated rings. The molecule has 0 spiro atoms. The highest BCUT2D eigenvalue weighted by molar-refractivity contribution is 5.81. The number of ether oxygens (including phenoxy) is 2. The molecular formula is C15H25NO4. The SMILES string of the molecule is CCOC(=O)OC(=O)CCCCCCCCCCC#N. The highest BCUT2D eigenvalue weighted by Crippen LogP contribution is 2.10. The van der Waals surface area contributed by atoms with E-state index in [-0.39, 0.29) is 13.0 Å². The summed E-state index contributed by atoms with van der Waals surface area (Å²) in [6.45, 7) is 1.87. The van der Waals surface area contributed by atoms with E-state index >= 15 is 0 Å². The molecule has 0 aromatic rings. The Morgan fingerprint density at radius 3 is 2.05 bits per heavy atom. The lowest BCUT2D eigenvalue weighted by Gasteiger charge is -2.03. The minimum Gasteiger partial charge on any atom is -0.434 e. The standard InChI is InChI=1S/C15H25NO4/c1-2-19-15(18)20-14(17)12-10-8-6-4-3-5-7-9-11-13-16/h2-12H2,1H3. The molecule has 0 radical (unpaired) electrons. The lowest BCUT2D eigenvalue weighted by atomic mass is 10.1. The molecule has 0 saturated heterocycles. The van der Waals surface area contributed by atoms with Crippen LogP contribution in [0.25, 0.3) is 0 Å². The average Bonchev–Trinajstić information content (AvgIpc) is 2.41. The van der Waals surface area contributed by atoms with Crippen molar-refractivity contribution in [3.8, 4) is 6.07 Å². The maximum absolute atomic E-state index is 11.2. The Morgan fingerprint density at radius 1 is 0.950 bits per heavy atom. The molecule has 0 aromatic carbocycles. The number of hydrogen-bond donors (Lipinski definition) is 0. The van der Waals surface area contributed by atoms with Gasteiger partial charge in [0, 0.05) is 12.8 Å². The summed E-state index contributed by atoms with van der Waals surface area (Å²) in [5.74, 6) is -0.514. The van der Waals surface area contributed by atoms with Crippen LogP contribution in [0.3, 0.4) is 0 Å². The largest absolute Gasteiger partial charge is 0.516 e. The molecule has 0 N–H and O–H groups in total. The molecule has 20 heavy (non-hydrogen) atoms. The number of rotatable bonds is 11. The molecule has 114 valence electrons. The van der Waals surface area contributed by atoms with Gasteiger partial charge in [0.25, 0.3) is 0 Å². The van der Waals surface area contributed by atoms with Crippen LogP contribution in [-0.2, 0) is 14.3 Å². The van der Waals surface area contributed by atoms with E-state index in [9.17, 15) is 9.59 Å². The van der Waals surface area contributed by atoms with Crippen LogP contribution in [0, 0.1) is 11.3 Å². The summed E-state index contributed by atoms with van der Waals surface area (Å²) in [7, 11) is 0. The van der Waals surface area contributed by atoms with Crippen molar-refractivity contribution >= 4 is 12.1 Å². The second-order valence-electron chi connectivity index (χ2n) is 4.64. The molecule has 0 amide bonds. The van der Waals surface area contributed by atoms with Crippen LogP contribution in [0.5, 0.6) is 0 Å². The first-order valence-electron chi connectivity index (χ1n) is 7.45. The Bertz CT molecular complexity index is 309. The highest BCUT2D eigenvalue weighted by Gasteiger charge is 2.10. The van der Waals surface area contributed by atoms with Crippen LogP contribution in [0.15, 0.2) is 0 Å². The quantitative estimate of drug-likeness (QED) is 0.324. The van der Waals surface area contributed by atoms with Crippen LogP contribution >= 0.6 is 0 Å². The van der Waals surface area contributed by atoms with Gasteiger partial charge in [0.1, 0.15) is 0 Å². The maximum Gasteiger partial charge on any atom is 0.516 e. The zero-order chi connectivity index (χ0) is 15.1. The van der Waals surface area contributed by atoms with Crippen LogP contribution in [0.1, 0.15) is 71.1 Å². The normalized spacial score (nSPS) is 9.80. The summed E-state index contributed by atoms with van der Waals surface area (Å²) in [5, 5.41) is 8.38. The molecule has 0 atom stereocenters. The molecule has 5 heteroatoms. The van der Waals surface area contributed by atoms with Gasteiger partial charge in [0.2, 0.25) is 0 Å². The molecule has 0 aliphatic carbocycles.